The Morgan fingerprint density at radius 2 is 1.63 bits per heavy atom. The molecule has 3 rings (SSSR count). The first-order valence-corrected chi connectivity index (χ1v) is 11.0. The quantitative estimate of drug-likeness (QED) is 0.201. The minimum absolute atomic E-state index is 0.184. The largest absolute Gasteiger partial charge is 0.493 e. The Morgan fingerprint density at radius 1 is 0.914 bits per heavy atom. The second-order valence-corrected chi connectivity index (χ2v) is 8.08. The molecule has 0 aliphatic rings. The van der Waals surface area contributed by atoms with Gasteiger partial charge in [-0.15, -0.1) is 0 Å². The fraction of sp³-hybridized carbons (Fsp3) is 0.120. The third kappa shape index (κ3) is 7.30. The van der Waals surface area contributed by atoms with Gasteiger partial charge in [-0.2, -0.15) is 5.10 Å². The molecule has 0 atom stereocenters. The Hall–Kier alpha value is -3.88. The van der Waals surface area contributed by atoms with Crippen LogP contribution in [0.15, 0.2) is 65.8 Å². The van der Waals surface area contributed by atoms with Crippen LogP contribution in [0.25, 0.3) is 0 Å². The molecule has 0 saturated heterocycles. The topological polar surface area (TPSA) is 106 Å². The summed E-state index contributed by atoms with van der Waals surface area (Å²) in [4.78, 5) is 36.4. The van der Waals surface area contributed by atoms with Crippen molar-refractivity contribution >= 4 is 47.2 Å². The number of ether oxygens (including phenoxy) is 2. The lowest BCUT2D eigenvalue weighted by molar-refractivity contribution is -0.120. The van der Waals surface area contributed by atoms with Gasteiger partial charge >= 0.3 is 5.97 Å². The summed E-state index contributed by atoms with van der Waals surface area (Å²) in [5.41, 5.74) is 4.61. The van der Waals surface area contributed by atoms with Gasteiger partial charge in [-0.05, 0) is 61.0 Å². The summed E-state index contributed by atoms with van der Waals surface area (Å²) in [5, 5.41) is 6.95. The zero-order valence-corrected chi connectivity index (χ0v) is 20.3. The average Bonchev–Trinajstić information content (AvgIpc) is 2.85. The normalized spacial score (nSPS) is 10.6. The van der Waals surface area contributed by atoms with Gasteiger partial charge in [-0.25, -0.2) is 10.2 Å². The molecule has 0 aliphatic carbocycles. The maximum absolute atomic E-state index is 12.4. The number of amides is 2. The van der Waals surface area contributed by atoms with E-state index in [9.17, 15) is 14.4 Å². The highest BCUT2D eigenvalue weighted by Crippen LogP contribution is 2.29. The summed E-state index contributed by atoms with van der Waals surface area (Å²) in [6.45, 7) is 1.68. The molecule has 2 N–H and O–H groups in total. The number of carbonyl (C=O) groups excluding carboxylic acids is 3. The minimum atomic E-state index is -0.636. The van der Waals surface area contributed by atoms with E-state index in [-0.39, 0.29) is 34.5 Å². The van der Waals surface area contributed by atoms with Gasteiger partial charge in [-0.3, -0.25) is 9.59 Å². The van der Waals surface area contributed by atoms with Gasteiger partial charge in [0.15, 0.2) is 11.5 Å². The number of halogens is 2. The number of hydrogen-bond donors (Lipinski definition) is 2. The molecular formula is C25H21Cl2N3O5. The van der Waals surface area contributed by atoms with E-state index < -0.39 is 11.9 Å². The van der Waals surface area contributed by atoms with Gasteiger partial charge < -0.3 is 14.8 Å². The summed E-state index contributed by atoms with van der Waals surface area (Å²) in [6, 6.07) is 16.1. The van der Waals surface area contributed by atoms with E-state index >= 15 is 0 Å². The number of aryl methyl sites for hydroxylation is 1. The van der Waals surface area contributed by atoms with E-state index in [0.717, 1.165) is 5.56 Å². The molecule has 10 heteroatoms. The van der Waals surface area contributed by atoms with E-state index in [1.807, 2.05) is 19.1 Å². The molecule has 0 radical (unpaired) electrons. The van der Waals surface area contributed by atoms with Crippen LogP contribution in [0.5, 0.6) is 11.5 Å². The third-order valence-corrected chi connectivity index (χ3v) is 5.41. The predicted molar refractivity (Wildman–Crippen MR) is 134 cm³/mol. The molecule has 3 aromatic rings. The number of methoxy groups -OCH3 is 1. The molecule has 0 fully saturated rings. The Balaban J connectivity index is 1.55. The summed E-state index contributed by atoms with van der Waals surface area (Å²) in [5.74, 6) is -1.04. The molecular weight excluding hydrogens is 493 g/mol. The van der Waals surface area contributed by atoms with Crippen molar-refractivity contribution in [3.8, 4) is 11.5 Å². The second kappa shape index (κ2) is 12.0. The lowest BCUT2D eigenvalue weighted by atomic mass is 10.1. The number of benzene rings is 3. The van der Waals surface area contributed by atoms with E-state index in [4.69, 9.17) is 32.7 Å². The van der Waals surface area contributed by atoms with E-state index in [1.54, 1.807) is 24.3 Å². The van der Waals surface area contributed by atoms with Crippen LogP contribution in [0.3, 0.4) is 0 Å². The molecule has 0 spiro atoms. The van der Waals surface area contributed by atoms with Crippen LogP contribution in [-0.2, 0) is 4.79 Å². The molecule has 0 saturated carbocycles. The molecule has 3 aromatic carbocycles. The first-order chi connectivity index (χ1) is 16.8. The Bertz CT molecular complexity index is 1280. The Morgan fingerprint density at radius 3 is 2.31 bits per heavy atom. The van der Waals surface area contributed by atoms with Crippen LogP contribution < -0.4 is 20.2 Å². The van der Waals surface area contributed by atoms with Crippen LogP contribution >= 0.6 is 23.2 Å². The van der Waals surface area contributed by atoms with E-state index in [0.29, 0.717) is 16.1 Å². The van der Waals surface area contributed by atoms with Crippen LogP contribution in [0.1, 0.15) is 31.8 Å². The smallest absolute Gasteiger partial charge is 0.343 e. The van der Waals surface area contributed by atoms with E-state index in [1.165, 1.54) is 37.6 Å². The molecule has 0 unspecified atom stereocenters. The first kappa shape index (κ1) is 25.7. The van der Waals surface area contributed by atoms with Gasteiger partial charge in [0.25, 0.3) is 11.8 Å². The minimum Gasteiger partial charge on any atom is -0.493 e. The van der Waals surface area contributed by atoms with Gasteiger partial charge in [-0.1, -0.05) is 40.9 Å². The molecule has 0 aliphatic heterocycles. The van der Waals surface area contributed by atoms with Crippen molar-refractivity contribution in [2.45, 2.75) is 6.92 Å². The van der Waals surface area contributed by atoms with Crippen LogP contribution in [0.2, 0.25) is 10.0 Å². The van der Waals surface area contributed by atoms with Crippen molar-refractivity contribution in [2.24, 2.45) is 5.10 Å². The zero-order valence-electron chi connectivity index (χ0n) is 18.8. The fourth-order valence-corrected chi connectivity index (χ4v) is 3.11. The van der Waals surface area contributed by atoms with Crippen molar-refractivity contribution in [1.29, 1.82) is 0 Å². The number of nitrogens with zero attached hydrogens (tertiary/aromatic N) is 1. The maximum atomic E-state index is 12.4. The second-order valence-electron chi connectivity index (χ2n) is 7.27. The molecule has 0 aromatic heterocycles. The highest BCUT2D eigenvalue weighted by molar-refractivity contribution is 6.42. The Kier molecular flexibility index (Phi) is 8.83. The van der Waals surface area contributed by atoms with Gasteiger partial charge in [0.1, 0.15) is 0 Å². The average molecular weight is 514 g/mol. The van der Waals surface area contributed by atoms with Gasteiger partial charge in [0.05, 0.1) is 35.5 Å². The molecule has 0 heterocycles. The summed E-state index contributed by atoms with van der Waals surface area (Å²) < 4.78 is 10.7. The van der Waals surface area contributed by atoms with E-state index in [2.05, 4.69) is 15.8 Å². The fourth-order valence-electron chi connectivity index (χ4n) is 2.82. The molecule has 8 nitrogen and oxygen atoms in total. The molecule has 2 amide bonds. The number of rotatable bonds is 8. The van der Waals surface area contributed by atoms with Gasteiger partial charge in [0.2, 0.25) is 0 Å². The van der Waals surface area contributed by atoms with Crippen molar-refractivity contribution in [3.63, 3.8) is 0 Å². The van der Waals surface area contributed by atoms with Crippen molar-refractivity contribution in [3.05, 3.63) is 93.0 Å². The number of hydrogen-bond acceptors (Lipinski definition) is 6. The first-order valence-electron chi connectivity index (χ1n) is 10.3. The van der Waals surface area contributed by atoms with Crippen molar-refractivity contribution < 1.29 is 23.9 Å². The number of carbonyl (C=O) groups is 3. The summed E-state index contributed by atoms with van der Waals surface area (Å²) in [6.07, 6.45) is 1.38. The van der Waals surface area contributed by atoms with Gasteiger partial charge in [0, 0.05) is 5.56 Å². The molecule has 180 valence electrons. The standard InChI is InChI=1S/C25H21Cl2N3O5/c1-15-3-6-17(7-4-15)24(32)28-14-23(31)30-29-13-16-5-10-21(22(11-16)34-2)35-25(33)18-8-9-19(26)20(27)12-18/h3-13H,14H2,1-2H3,(H,28,32)(H,30,31)/b29-13+. The number of nitrogens with one attached hydrogen (secondary N) is 2. The monoisotopic (exact) mass is 513 g/mol. The SMILES string of the molecule is COc1cc(/C=N/NC(=O)CNC(=O)c2ccc(C)cc2)ccc1OC(=O)c1ccc(Cl)c(Cl)c1. The maximum Gasteiger partial charge on any atom is 0.343 e. The van der Waals surface area contributed by atoms with Crippen molar-refractivity contribution in [1.82, 2.24) is 10.7 Å². The highest BCUT2D eigenvalue weighted by atomic mass is 35.5. The Labute approximate surface area is 211 Å². The van der Waals surface area contributed by atoms with Crippen LogP contribution in [0, 0.1) is 6.92 Å². The van der Waals surface area contributed by atoms with Crippen LogP contribution in [-0.4, -0.2) is 37.7 Å². The lowest BCUT2D eigenvalue weighted by Crippen LogP contribution is -2.34. The highest BCUT2D eigenvalue weighted by Gasteiger charge is 2.14. The molecule has 0 bridgehead atoms. The number of esters is 1. The predicted octanol–water partition coefficient (Wildman–Crippen LogP) is 4.41. The van der Waals surface area contributed by atoms with Crippen LogP contribution in [0.4, 0.5) is 0 Å². The van der Waals surface area contributed by atoms with Crippen molar-refractivity contribution in [2.75, 3.05) is 13.7 Å². The summed E-state index contributed by atoms with van der Waals surface area (Å²) >= 11 is 11.8. The zero-order chi connectivity index (χ0) is 25.4. The number of hydrazone groups is 1. The third-order valence-electron chi connectivity index (χ3n) is 4.67. The lowest BCUT2D eigenvalue weighted by Gasteiger charge is -2.10. The molecule has 35 heavy (non-hydrogen) atoms. The summed E-state index contributed by atoms with van der Waals surface area (Å²) in [7, 11) is 1.42.